The van der Waals surface area contributed by atoms with Crippen LogP contribution in [0.4, 0.5) is 13.2 Å². The van der Waals surface area contributed by atoms with E-state index in [1.54, 1.807) is 25.1 Å². The van der Waals surface area contributed by atoms with Crippen LogP contribution in [0.3, 0.4) is 0 Å². The van der Waals surface area contributed by atoms with Gasteiger partial charge in [-0.05, 0) is 51.7 Å². The van der Waals surface area contributed by atoms with Crippen LogP contribution in [0.25, 0.3) is 0 Å². The molecule has 0 aliphatic carbocycles. The van der Waals surface area contributed by atoms with Crippen molar-refractivity contribution < 1.29 is 27.2 Å². The first-order valence-corrected chi connectivity index (χ1v) is 7.07. The van der Waals surface area contributed by atoms with E-state index >= 15 is 0 Å². The van der Waals surface area contributed by atoms with Crippen LogP contribution in [0.2, 0.25) is 0 Å². The van der Waals surface area contributed by atoms with Gasteiger partial charge < -0.3 is 14.0 Å². The standard InChI is InChI=1S/C15H20BF3O3/c1-10-6-7-11(8-12(10)20-9-15(17,18)19)16-21-13(2,3)14(4,5)22-16/h6-8H,9H2,1-5H3. The van der Waals surface area contributed by atoms with Crippen LogP contribution in [0, 0.1) is 6.92 Å². The molecule has 7 heteroatoms. The number of hydrogen-bond donors (Lipinski definition) is 0. The Morgan fingerprint density at radius 1 is 1.09 bits per heavy atom. The molecule has 0 radical (unpaired) electrons. The third kappa shape index (κ3) is 3.58. The number of alkyl halides is 3. The van der Waals surface area contributed by atoms with Gasteiger partial charge in [-0.2, -0.15) is 13.2 Å². The maximum absolute atomic E-state index is 12.3. The van der Waals surface area contributed by atoms with Gasteiger partial charge in [0, 0.05) is 0 Å². The highest BCUT2D eigenvalue weighted by atomic mass is 19.4. The maximum atomic E-state index is 12.3. The van der Waals surface area contributed by atoms with E-state index in [9.17, 15) is 13.2 Å². The number of halogens is 3. The zero-order chi connectivity index (χ0) is 16.8. The van der Waals surface area contributed by atoms with E-state index < -0.39 is 31.1 Å². The van der Waals surface area contributed by atoms with E-state index in [0.717, 1.165) is 0 Å². The summed E-state index contributed by atoms with van der Waals surface area (Å²) in [6, 6.07) is 5.02. The monoisotopic (exact) mass is 316 g/mol. The van der Waals surface area contributed by atoms with Crippen molar-refractivity contribution in [2.75, 3.05) is 6.61 Å². The van der Waals surface area contributed by atoms with Gasteiger partial charge in [-0.15, -0.1) is 0 Å². The lowest BCUT2D eigenvalue weighted by molar-refractivity contribution is -0.153. The number of hydrogen-bond acceptors (Lipinski definition) is 3. The van der Waals surface area contributed by atoms with Gasteiger partial charge in [0.25, 0.3) is 0 Å². The molecule has 0 bridgehead atoms. The Morgan fingerprint density at radius 3 is 2.14 bits per heavy atom. The largest absolute Gasteiger partial charge is 0.494 e. The van der Waals surface area contributed by atoms with Crippen molar-refractivity contribution >= 4 is 12.6 Å². The van der Waals surface area contributed by atoms with Crippen molar-refractivity contribution in [1.29, 1.82) is 0 Å². The Balaban J connectivity index is 2.20. The van der Waals surface area contributed by atoms with Gasteiger partial charge in [0.2, 0.25) is 0 Å². The van der Waals surface area contributed by atoms with Gasteiger partial charge in [0.05, 0.1) is 11.2 Å². The molecule has 1 fully saturated rings. The van der Waals surface area contributed by atoms with E-state index in [-0.39, 0.29) is 5.75 Å². The molecule has 1 heterocycles. The number of ether oxygens (including phenoxy) is 1. The van der Waals surface area contributed by atoms with E-state index in [1.807, 2.05) is 27.7 Å². The van der Waals surface area contributed by atoms with Crippen LogP contribution in [0.1, 0.15) is 33.3 Å². The van der Waals surface area contributed by atoms with Crippen molar-refractivity contribution in [3.05, 3.63) is 23.8 Å². The molecule has 1 aromatic rings. The summed E-state index contributed by atoms with van der Waals surface area (Å²) in [5.41, 5.74) is 0.261. The summed E-state index contributed by atoms with van der Waals surface area (Å²) < 4.78 is 53.6. The molecule has 0 unspecified atom stereocenters. The highest BCUT2D eigenvalue weighted by molar-refractivity contribution is 6.62. The van der Waals surface area contributed by atoms with Crippen molar-refractivity contribution in [3.8, 4) is 5.75 Å². The number of rotatable bonds is 3. The highest BCUT2D eigenvalue weighted by Crippen LogP contribution is 2.36. The number of benzene rings is 1. The fourth-order valence-corrected chi connectivity index (χ4v) is 2.06. The summed E-state index contributed by atoms with van der Waals surface area (Å²) in [4.78, 5) is 0. The molecule has 0 spiro atoms. The third-order valence-electron chi connectivity index (χ3n) is 4.13. The van der Waals surface area contributed by atoms with Crippen molar-refractivity contribution in [2.45, 2.75) is 52.0 Å². The van der Waals surface area contributed by atoms with Crippen LogP contribution in [0.15, 0.2) is 18.2 Å². The Labute approximate surface area is 128 Å². The minimum atomic E-state index is -4.37. The second kappa shape index (κ2) is 5.46. The molecule has 1 aliphatic heterocycles. The second-order valence-electron chi connectivity index (χ2n) is 6.52. The molecule has 3 nitrogen and oxygen atoms in total. The van der Waals surface area contributed by atoms with Crippen LogP contribution >= 0.6 is 0 Å². The zero-order valence-corrected chi connectivity index (χ0v) is 13.4. The molecule has 0 aromatic heterocycles. The zero-order valence-electron chi connectivity index (χ0n) is 13.4. The van der Waals surface area contributed by atoms with Gasteiger partial charge in [0.15, 0.2) is 6.61 Å². The first-order chi connectivity index (χ1) is 9.91. The third-order valence-corrected chi connectivity index (χ3v) is 4.13. The topological polar surface area (TPSA) is 27.7 Å². The maximum Gasteiger partial charge on any atom is 0.494 e. The van der Waals surface area contributed by atoms with E-state index in [2.05, 4.69) is 0 Å². The molecular formula is C15H20BF3O3. The van der Waals surface area contributed by atoms with Gasteiger partial charge in [0.1, 0.15) is 5.75 Å². The summed E-state index contributed by atoms with van der Waals surface area (Å²) in [5, 5.41) is 0. The lowest BCUT2D eigenvalue weighted by Crippen LogP contribution is -2.41. The van der Waals surface area contributed by atoms with Gasteiger partial charge in [-0.3, -0.25) is 0 Å². The molecule has 1 aromatic carbocycles. The quantitative estimate of drug-likeness (QED) is 0.801. The van der Waals surface area contributed by atoms with Crippen LogP contribution in [-0.2, 0) is 9.31 Å². The second-order valence-corrected chi connectivity index (χ2v) is 6.52. The lowest BCUT2D eigenvalue weighted by Gasteiger charge is -2.32. The molecule has 122 valence electrons. The molecule has 22 heavy (non-hydrogen) atoms. The minimum absolute atomic E-state index is 0.185. The average Bonchev–Trinajstić information content (AvgIpc) is 2.56. The summed E-state index contributed by atoms with van der Waals surface area (Å²) in [5.74, 6) is 0.185. The summed E-state index contributed by atoms with van der Waals surface area (Å²) >= 11 is 0. The Hall–Kier alpha value is -1.21. The molecule has 0 N–H and O–H groups in total. The first-order valence-electron chi connectivity index (χ1n) is 7.07. The Morgan fingerprint density at radius 2 is 1.64 bits per heavy atom. The van der Waals surface area contributed by atoms with E-state index in [0.29, 0.717) is 11.0 Å². The summed E-state index contributed by atoms with van der Waals surface area (Å²) in [6.45, 7) is 8.05. The molecule has 1 aliphatic rings. The number of aryl methyl sites for hydroxylation is 1. The summed E-state index contributed by atoms with van der Waals surface area (Å²) in [6.07, 6.45) is -4.37. The SMILES string of the molecule is Cc1ccc(B2OC(C)(C)C(C)(C)O2)cc1OCC(F)(F)F. The van der Waals surface area contributed by atoms with Gasteiger partial charge in [-0.1, -0.05) is 12.1 Å². The first kappa shape index (κ1) is 17.2. The average molecular weight is 316 g/mol. The van der Waals surface area contributed by atoms with Crippen LogP contribution in [-0.4, -0.2) is 31.1 Å². The lowest BCUT2D eigenvalue weighted by atomic mass is 9.78. The summed E-state index contributed by atoms with van der Waals surface area (Å²) in [7, 11) is -0.626. The molecule has 0 amide bonds. The van der Waals surface area contributed by atoms with Crippen molar-refractivity contribution in [1.82, 2.24) is 0 Å². The molecule has 0 saturated carbocycles. The molecular weight excluding hydrogens is 296 g/mol. The van der Waals surface area contributed by atoms with Crippen molar-refractivity contribution in [3.63, 3.8) is 0 Å². The predicted molar refractivity (Wildman–Crippen MR) is 78.4 cm³/mol. The Bertz CT molecular complexity index is 539. The van der Waals surface area contributed by atoms with E-state index in [4.69, 9.17) is 14.0 Å². The predicted octanol–water partition coefficient (Wildman–Crippen LogP) is 3.24. The highest BCUT2D eigenvalue weighted by Gasteiger charge is 2.51. The van der Waals surface area contributed by atoms with Gasteiger partial charge in [-0.25, -0.2) is 0 Å². The normalized spacial score (nSPS) is 20.3. The smallest absolute Gasteiger partial charge is 0.484 e. The molecule has 0 atom stereocenters. The van der Waals surface area contributed by atoms with Crippen LogP contribution < -0.4 is 10.2 Å². The van der Waals surface area contributed by atoms with Crippen LogP contribution in [0.5, 0.6) is 5.75 Å². The van der Waals surface area contributed by atoms with E-state index in [1.165, 1.54) is 0 Å². The fourth-order valence-electron chi connectivity index (χ4n) is 2.06. The molecule has 2 rings (SSSR count). The van der Waals surface area contributed by atoms with Crippen molar-refractivity contribution in [2.24, 2.45) is 0 Å². The van der Waals surface area contributed by atoms with Gasteiger partial charge >= 0.3 is 13.3 Å². The Kier molecular flexibility index (Phi) is 4.26. The fraction of sp³-hybridized carbons (Fsp3) is 0.600. The minimum Gasteiger partial charge on any atom is -0.484 e. The molecule has 1 saturated heterocycles.